The van der Waals surface area contributed by atoms with Crippen LogP contribution in [0.25, 0.3) is 0 Å². The van der Waals surface area contributed by atoms with Gasteiger partial charge in [0.15, 0.2) is 0 Å². The molecule has 2 rings (SSSR count). The van der Waals surface area contributed by atoms with Crippen LogP contribution in [-0.2, 0) is 4.74 Å². The van der Waals surface area contributed by atoms with Crippen LogP contribution in [0.4, 0.5) is 0 Å². The number of aryl methyl sites for hydroxylation is 2. The maximum Gasteiger partial charge on any atom is 0.0620 e. The summed E-state index contributed by atoms with van der Waals surface area (Å²) in [5.41, 5.74) is 6.90. The molecular formula is C15H24N2O. The minimum Gasteiger partial charge on any atom is -0.378 e. The molecule has 0 amide bonds. The molecule has 0 aromatic heterocycles. The van der Waals surface area contributed by atoms with E-state index in [4.69, 9.17) is 10.6 Å². The normalized spacial score (nSPS) is 25.3. The van der Waals surface area contributed by atoms with Crippen LogP contribution >= 0.6 is 0 Å². The number of hydrogen-bond donors (Lipinski definition) is 2. The minimum absolute atomic E-state index is 0.192. The number of nitrogens with one attached hydrogen (secondary N) is 1. The van der Waals surface area contributed by atoms with Crippen molar-refractivity contribution in [3.63, 3.8) is 0 Å². The summed E-state index contributed by atoms with van der Waals surface area (Å²) < 4.78 is 5.79. The van der Waals surface area contributed by atoms with Gasteiger partial charge in [0.2, 0.25) is 0 Å². The molecule has 1 aliphatic rings. The van der Waals surface area contributed by atoms with Gasteiger partial charge in [-0.05, 0) is 37.8 Å². The van der Waals surface area contributed by atoms with E-state index in [1.807, 2.05) is 0 Å². The molecule has 1 heterocycles. The topological polar surface area (TPSA) is 47.3 Å². The molecule has 1 aromatic rings. The van der Waals surface area contributed by atoms with Gasteiger partial charge in [-0.2, -0.15) is 0 Å². The Morgan fingerprint density at radius 2 is 2.22 bits per heavy atom. The maximum absolute atomic E-state index is 5.81. The Labute approximate surface area is 110 Å². The lowest BCUT2D eigenvalue weighted by atomic mass is 9.85. The van der Waals surface area contributed by atoms with Crippen LogP contribution in [-0.4, -0.2) is 12.7 Å². The van der Waals surface area contributed by atoms with Crippen molar-refractivity contribution in [3.8, 4) is 0 Å². The molecule has 18 heavy (non-hydrogen) atoms. The van der Waals surface area contributed by atoms with Crippen LogP contribution in [0.5, 0.6) is 0 Å². The molecule has 0 radical (unpaired) electrons. The molecule has 0 bridgehead atoms. The largest absolute Gasteiger partial charge is 0.378 e. The zero-order valence-corrected chi connectivity index (χ0v) is 11.6. The summed E-state index contributed by atoms with van der Waals surface area (Å²) >= 11 is 0. The zero-order valence-electron chi connectivity index (χ0n) is 11.6. The predicted molar refractivity (Wildman–Crippen MR) is 74.1 cm³/mol. The van der Waals surface area contributed by atoms with E-state index in [0.717, 1.165) is 19.4 Å². The Balaban J connectivity index is 2.30. The van der Waals surface area contributed by atoms with Crippen molar-refractivity contribution in [2.45, 2.75) is 45.8 Å². The smallest absolute Gasteiger partial charge is 0.0620 e. The van der Waals surface area contributed by atoms with Crippen molar-refractivity contribution in [2.75, 3.05) is 6.61 Å². The minimum atomic E-state index is 0.192. The van der Waals surface area contributed by atoms with Gasteiger partial charge in [0.25, 0.3) is 0 Å². The molecule has 0 saturated carbocycles. The molecule has 0 aliphatic carbocycles. The van der Waals surface area contributed by atoms with Gasteiger partial charge >= 0.3 is 0 Å². The summed E-state index contributed by atoms with van der Waals surface area (Å²) in [5.74, 6) is 6.29. The third-order valence-corrected chi connectivity index (χ3v) is 4.04. The van der Waals surface area contributed by atoms with Crippen molar-refractivity contribution in [3.05, 3.63) is 34.9 Å². The van der Waals surface area contributed by atoms with E-state index in [0.29, 0.717) is 12.0 Å². The van der Waals surface area contributed by atoms with Gasteiger partial charge < -0.3 is 4.74 Å². The van der Waals surface area contributed by atoms with Crippen LogP contribution in [0.1, 0.15) is 42.5 Å². The van der Waals surface area contributed by atoms with Crippen molar-refractivity contribution < 1.29 is 4.74 Å². The van der Waals surface area contributed by atoms with Gasteiger partial charge in [0, 0.05) is 12.5 Å². The average Bonchev–Trinajstić information content (AvgIpc) is 2.83. The van der Waals surface area contributed by atoms with Gasteiger partial charge in [-0.1, -0.05) is 30.7 Å². The molecule has 1 aromatic carbocycles. The third kappa shape index (κ3) is 2.58. The molecule has 1 aliphatic heterocycles. The van der Waals surface area contributed by atoms with Crippen molar-refractivity contribution in [1.82, 2.24) is 5.43 Å². The monoisotopic (exact) mass is 248 g/mol. The summed E-state index contributed by atoms with van der Waals surface area (Å²) in [5, 5.41) is 0. The highest BCUT2D eigenvalue weighted by Crippen LogP contribution is 2.35. The van der Waals surface area contributed by atoms with Crippen LogP contribution < -0.4 is 11.3 Å². The van der Waals surface area contributed by atoms with E-state index < -0.39 is 0 Å². The Morgan fingerprint density at radius 3 is 2.89 bits per heavy atom. The van der Waals surface area contributed by atoms with Crippen molar-refractivity contribution in [2.24, 2.45) is 11.8 Å². The molecule has 3 unspecified atom stereocenters. The molecular weight excluding hydrogens is 224 g/mol. The summed E-state index contributed by atoms with van der Waals surface area (Å²) in [6, 6.07) is 6.75. The fourth-order valence-corrected chi connectivity index (χ4v) is 3.01. The van der Waals surface area contributed by atoms with E-state index in [-0.39, 0.29) is 6.04 Å². The van der Waals surface area contributed by atoms with E-state index in [1.54, 1.807) is 0 Å². The van der Waals surface area contributed by atoms with Gasteiger partial charge in [-0.3, -0.25) is 11.3 Å². The number of hydrogen-bond acceptors (Lipinski definition) is 3. The second kappa shape index (κ2) is 5.83. The predicted octanol–water partition coefficient (Wildman–Crippen LogP) is 2.62. The van der Waals surface area contributed by atoms with E-state index in [9.17, 15) is 0 Å². The quantitative estimate of drug-likeness (QED) is 0.636. The van der Waals surface area contributed by atoms with Crippen LogP contribution in [0.15, 0.2) is 18.2 Å². The Hall–Kier alpha value is -0.900. The van der Waals surface area contributed by atoms with Gasteiger partial charge in [-0.25, -0.2) is 0 Å². The molecule has 3 N–H and O–H groups in total. The van der Waals surface area contributed by atoms with Gasteiger partial charge in [0.1, 0.15) is 0 Å². The Morgan fingerprint density at radius 1 is 1.44 bits per heavy atom. The number of rotatable bonds is 4. The van der Waals surface area contributed by atoms with Crippen molar-refractivity contribution >= 4 is 0 Å². The van der Waals surface area contributed by atoms with E-state index in [2.05, 4.69) is 44.4 Å². The van der Waals surface area contributed by atoms with Gasteiger partial charge in [-0.15, -0.1) is 0 Å². The second-order valence-corrected chi connectivity index (χ2v) is 5.27. The highest BCUT2D eigenvalue weighted by atomic mass is 16.5. The molecule has 1 saturated heterocycles. The highest BCUT2D eigenvalue weighted by Gasteiger charge is 2.34. The first kappa shape index (κ1) is 13.5. The summed E-state index contributed by atoms with van der Waals surface area (Å²) in [6.07, 6.45) is 2.46. The molecule has 1 fully saturated rings. The number of benzene rings is 1. The number of hydrazine groups is 1. The summed E-state index contributed by atoms with van der Waals surface area (Å²) in [6.45, 7) is 7.31. The molecule has 100 valence electrons. The zero-order chi connectivity index (χ0) is 13.1. The summed E-state index contributed by atoms with van der Waals surface area (Å²) in [4.78, 5) is 0. The first-order valence-electron chi connectivity index (χ1n) is 6.82. The van der Waals surface area contributed by atoms with Crippen molar-refractivity contribution in [1.29, 1.82) is 0 Å². The lowest BCUT2D eigenvalue weighted by Gasteiger charge is -2.28. The molecule has 0 spiro atoms. The van der Waals surface area contributed by atoms with Gasteiger partial charge in [0.05, 0.1) is 12.1 Å². The number of nitrogens with two attached hydrogens (primary N) is 1. The first-order valence-corrected chi connectivity index (χ1v) is 6.82. The van der Waals surface area contributed by atoms with Crippen LogP contribution in [0, 0.1) is 19.8 Å². The molecule has 3 heteroatoms. The average molecular weight is 248 g/mol. The lowest BCUT2D eigenvalue weighted by Crippen LogP contribution is -2.37. The molecule has 3 atom stereocenters. The van der Waals surface area contributed by atoms with E-state index in [1.165, 1.54) is 16.7 Å². The number of ether oxygens (including phenoxy) is 1. The Kier molecular flexibility index (Phi) is 4.38. The third-order valence-electron chi connectivity index (χ3n) is 4.04. The fraction of sp³-hybridized carbons (Fsp3) is 0.600. The van der Waals surface area contributed by atoms with Crippen LogP contribution in [0.2, 0.25) is 0 Å². The highest BCUT2D eigenvalue weighted by molar-refractivity contribution is 5.33. The SMILES string of the molecule is CCC1OCCC1C(NN)c1cc(C)ccc1C. The fourth-order valence-electron chi connectivity index (χ4n) is 3.01. The second-order valence-electron chi connectivity index (χ2n) is 5.27. The standard InChI is InChI=1S/C15H24N2O/c1-4-14-12(7-8-18-14)15(17-16)13-9-10(2)5-6-11(13)3/h5-6,9,12,14-15,17H,4,7-8,16H2,1-3H3. The lowest BCUT2D eigenvalue weighted by molar-refractivity contribution is 0.0773. The molecule has 3 nitrogen and oxygen atoms in total. The Bertz CT molecular complexity index is 405. The summed E-state index contributed by atoms with van der Waals surface area (Å²) in [7, 11) is 0. The van der Waals surface area contributed by atoms with Crippen LogP contribution in [0.3, 0.4) is 0 Å². The first-order chi connectivity index (χ1) is 8.67. The van der Waals surface area contributed by atoms with E-state index >= 15 is 0 Å². The maximum atomic E-state index is 5.81.